The number of carboxylic acids is 1. The third-order valence-electron chi connectivity index (χ3n) is 7.50. The molecule has 1 saturated carbocycles. The van der Waals surface area contributed by atoms with Gasteiger partial charge in [-0.05, 0) is 43.9 Å². The molecule has 32 heavy (non-hydrogen) atoms. The largest absolute Gasteiger partial charge is 0.478 e. The second kappa shape index (κ2) is 20.8. The molecule has 1 fully saturated rings. The quantitative estimate of drug-likeness (QED) is 0.118. The Hall–Kier alpha value is -0.790. The summed E-state index contributed by atoms with van der Waals surface area (Å²) in [5.41, 5.74) is 1.17. The van der Waals surface area contributed by atoms with Crippen LogP contribution in [0.3, 0.4) is 0 Å². The fraction of sp³-hybridized carbons (Fsp3) is 0.900. The van der Waals surface area contributed by atoms with E-state index in [1.165, 1.54) is 140 Å². The predicted octanol–water partition coefficient (Wildman–Crippen LogP) is 10.3. The third-order valence-corrected chi connectivity index (χ3v) is 7.50. The van der Waals surface area contributed by atoms with Gasteiger partial charge in [-0.25, -0.2) is 4.79 Å². The summed E-state index contributed by atoms with van der Waals surface area (Å²) in [6, 6.07) is 0. The van der Waals surface area contributed by atoms with Crippen LogP contribution in [0.5, 0.6) is 0 Å². The first kappa shape index (κ1) is 29.2. The van der Waals surface area contributed by atoms with E-state index in [0.717, 1.165) is 31.1 Å². The Morgan fingerprint density at radius 1 is 0.625 bits per heavy atom. The zero-order valence-electron chi connectivity index (χ0n) is 21.9. The Kier molecular flexibility index (Phi) is 19.0. The molecule has 1 aliphatic rings. The van der Waals surface area contributed by atoms with Gasteiger partial charge in [-0.15, -0.1) is 0 Å². The smallest absolute Gasteiger partial charge is 0.328 e. The first-order valence-electron chi connectivity index (χ1n) is 14.6. The van der Waals surface area contributed by atoms with Crippen LogP contribution in [0.2, 0.25) is 0 Å². The summed E-state index contributed by atoms with van der Waals surface area (Å²) in [4.78, 5) is 11.1. The first-order chi connectivity index (χ1) is 15.7. The maximum absolute atomic E-state index is 11.1. The van der Waals surface area contributed by atoms with Gasteiger partial charge in [0.15, 0.2) is 0 Å². The van der Waals surface area contributed by atoms with Crippen LogP contribution in [0.25, 0.3) is 0 Å². The molecule has 0 amide bonds. The van der Waals surface area contributed by atoms with E-state index in [-0.39, 0.29) is 0 Å². The zero-order chi connectivity index (χ0) is 23.3. The normalized spacial score (nSPS) is 18.2. The van der Waals surface area contributed by atoms with Crippen molar-refractivity contribution < 1.29 is 9.90 Å². The lowest BCUT2D eigenvalue weighted by Crippen LogP contribution is -1.94. The highest BCUT2D eigenvalue weighted by atomic mass is 16.4. The Labute approximate surface area is 201 Å². The van der Waals surface area contributed by atoms with Gasteiger partial charge in [0.1, 0.15) is 0 Å². The molecule has 2 atom stereocenters. The van der Waals surface area contributed by atoms with Gasteiger partial charge in [0.25, 0.3) is 0 Å². The highest BCUT2D eigenvalue weighted by molar-refractivity contribution is 5.80. The van der Waals surface area contributed by atoms with Gasteiger partial charge in [-0.2, -0.15) is 0 Å². The number of allylic oxidation sites excluding steroid dienone is 1. The lowest BCUT2D eigenvalue weighted by Gasteiger charge is -2.08. The van der Waals surface area contributed by atoms with Crippen molar-refractivity contribution in [3.05, 3.63) is 11.6 Å². The van der Waals surface area contributed by atoms with Crippen molar-refractivity contribution in [2.75, 3.05) is 0 Å². The lowest BCUT2D eigenvalue weighted by atomic mass is 9.99. The summed E-state index contributed by atoms with van der Waals surface area (Å²) in [5.74, 6) is 1.36. The number of carbonyl (C=O) groups is 1. The number of unbranched alkanes of at least 4 members (excludes halogenated alkanes) is 15. The van der Waals surface area contributed by atoms with Gasteiger partial charge < -0.3 is 5.11 Å². The van der Waals surface area contributed by atoms with Gasteiger partial charge >= 0.3 is 5.97 Å². The summed E-state index contributed by atoms with van der Waals surface area (Å²) in [7, 11) is 0. The van der Waals surface area contributed by atoms with Crippen LogP contribution in [-0.2, 0) is 4.79 Å². The molecule has 188 valence electrons. The van der Waals surface area contributed by atoms with Crippen molar-refractivity contribution >= 4 is 5.97 Å². The van der Waals surface area contributed by atoms with Crippen LogP contribution in [-0.4, -0.2) is 11.1 Å². The van der Waals surface area contributed by atoms with Crippen molar-refractivity contribution in [1.82, 2.24) is 0 Å². The fourth-order valence-electron chi connectivity index (χ4n) is 5.25. The third kappa shape index (κ3) is 17.7. The Morgan fingerprint density at radius 3 is 1.41 bits per heavy atom. The molecule has 0 aromatic rings. The molecule has 2 heteroatoms. The zero-order valence-corrected chi connectivity index (χ0v) is 21.9. The molecular formula is C30H56O2. The van der Waals surface area contributed by atoms with E-state index in [0.29, 0.717) is 0 Å². The van der Waals surface area contributed by atoms with Crippen LogP contribution in [0, 0.1) is 11.8 Å². The fourth-order valence-corrected chi connectivity index (χ4v) is 5.25. The van der Waals surface area contributed by atoms with Crippen LogP contribution in [0.15, 0.2) is 11.6 Å². The first-order valence-corrected chi connectivity index (χ1v) is 14.6. The van der Waals surface area contributed by atoms with E-state index >= 15 is 0 Å². The molecule has 0 heterocycles. The minimum Gasteiger partial charge on any atom is -0.478 e. The maximum Gasteiger partial charge on any atom is 0.328 e. The van der Waals surface area contributed by atoms with E-state index < -0.39 is 5.97 Å². The number of hydrogen-bond acceptors (Lipinski definition) is 1. The molecule has 0 bridgehead atoms. The van der Waals surface area contributed by atoms with Crippen molar-refractivity contribution in [3.8, 4) is 0 Å². The number of carboxylic acid groups (broad SMARTS) is 1. The van der Waals surface area contributed by atoms with Crippen LogP contribution >= 0.6 is 0 Å². The SMILES string of the molecule is CCCCCCCCC/C(=C\C(=O)O)CCCCCCCC1CC1CCCCCCCC. The Balaban J connectivity index is 1.95. The highest BCUT2D eigenvalue weighted by Gasteiger charge is 2.34. The summed E-state index contributed by atoms with van der Waals surface area (Å²) in [6.07, 6.45) is 32.1. The van der Waals surface area contributed by atoms with Crippen molar-refractivity contribution in [1.29, 1.82) is 0 Å². The van der Waals surface area contributed by atoms with Gasteiger partial charge in [0, 0.05) is 6.08 Å². The highest BCUT2D eigenvalue weighted by Crippen LogP contribution is 2.45. The number of rotatable bonds is 24. The predicted molar refractivity (Wildman–Crippen MR) is 140 cm³/mol. The minimum absolute atomic E-state index is 0.761. The molecule has 1 aliphatic carbocycles. The summed E-state index contributed by atoms with van der Waals surface area (Å²) < 4.78 is 0. The molecule has 0 aliphatic heterocycles. The molecule has 0 aromatic carbocycles. The molecule has 0 saturated heterocycles. The van der Waals surface area contributed by atoms with Crippen LogP contribution in [0.4, 0.5) is 0 Å². The monoisotopic (exact) mass is 448 g/mol. The summed E-state index contributed by atoms with van der Waals surface area (Å²) >= 11 is 0. The van der Waals surface area contributed by atoms with Crippen molar-refractivity contribution in [3.63, 3.8) is 0 Å². The minimum atomic E-state index is -0.761. The molecule has 0 spiro atoms. The van der Waals surface area contributed by atoms with E-state index in [4.69, 9.17) is 5.11 Å². The topological polar surface area (TPSA) is 37.3 Å². The molecule has 2 nitrogen and oxygen atoms in total. The molecule has 1 N–H and O–H groups in total. The van der Waals surface area contributed by atoms with Gasteiger partial charge in [0.05, 0.1) is 0 Å². The van der Waals surface area contributed by atoms with E-state index in [9.17, 15) is 4.79 Å². The standard InChI is InChI=1S/C30H56O2/c1-3-5-7-9-11-13-17-21-27(25-30(31)32)22-18-14-12-16-20-24-29-26-28(29)23-19-15-10-8-6-4-2/h25,28-29H,3-24,26H2,1-2H3,(H,31,32)/b27-25+. The van der Waals surface area contributed by atoms with E-state index in [1.54, 1.807) is 0 Å². The molecule has 0 aromatic heterocycles. The van der Waals surface area contributed by atoms with E-state index in [2.05, 4.69) is 13.8 Å². The average Bonchev–Trinajstić information content (AvgIpc) is 3.52. The number of hydrogen-bond donors (Lipinski definition) is 1. The molecule has 0 radical (unpaired) electrons. The summed E-state index contributed by atoms with van der Waals surface area (Å²) in [5, 5.41) is 9.16. The molecule has 2 unspecified atom stereocenters. The van der Waals surface area contributed by atoms with Gasteiger partial charge in [-0.1, -0.05) is 135 Å². The molecule has 1 rings (SSSR count). The van der Waals surface area contributed by atoms with Gasteiger partial charge in [0.2, 0.25) is 0 Å². The molecular weight excluding hydrogens is 392 g/mol. The Bertz CT molecular complexity index is 467. The van der Waals surface area contributed by atoms with Crippen LogP contribution < -0.4 is 0 Å². The second-order valence-electron chi connectivity index (χ2n) is 10.6. The maximum atomic E-state index is 11.1. The number of aliphatic carboxylic acids is 1. The average molecular weight is 449 g/mol. The lowest BCUT2D eigenvalue weighted by molar-refractivity contribution is -0.131. The Morgan fingerprint density at radius 2 is 1.00 bits per heavy atom. The van der Waals surface area contributed by atoms with Gasteiger partial charge in [-0.3, -0.25) is 0 Å². The van der Waals surface area contributed by atoms with E-state index in [1.807, 2.05) is 0 Å². The second-order valence-corrected chi connectivity index (χ2v) is 10.6. The van der Waals surface area contributed by atoms with Crippen LogP contribution in [0.1, 0.15) is 162 Å². The van der Waals surface area contributed by atoms with Crippen molar-refractivity contribution in [2.45, 2.75) is 162 Å². The summed E-state index contributed by atoms with van der Waals surface area (Å²) in [6.45, 7) is 4.55. The van der Waals surface area contributed by atoms with Crippen molar-refractivity contribution in [2.24, 2.45) is 11.8 Å².